The zero-order valence-electron chi connectivity index (χ0n) is 13.4. The van der Waals surface area contributed by atoms with Crippen molar-refractivity contribution in [3.63, 3.8) is 0 Å². The summed E-state index contributed by atoms with van der Waals surface area (Å²) in [6, 6.07) is 9.14. The smallest absolute Gasteiger partial charge is 0.265 e. The molecule has 0 atom stereocenters. The number of carbonyl (C=O) groups excluding carboxylic acids is 1. The van der Waals surface area contributed by atoms with E-state index in [2.05, 4.69) is 4.98 Å². The van der Waals surface area contributed by atoms with E-state index < -0.39 is 10.0 Å². The average Bonchev–Trinajstić information content (AvgIpc) is 3.01. The summed E-state index contributed by atoms with van der Waals surface area (Å²) >= 11 is 1.36. The largest absolute Gasteiger partial charge is 0.335 e. The Morgan fingerprint density at radius 1 is 1.17 bits per heavy atom. The van der Waals surface area contributed by atoms with Crippen LogP contribution in [0.2, 0.25) is 0 Å². The quantitative estimate of drug-likeness (QED) is 0.827. The van der Waals surface area contributed by atoms with E-state index in [1.54, 1.807) is 11.1 Å². The molecule has 1 aliphatic rings. The molecule has 2 aromatic rings. The number of carbonyl (C=O) groups is 1. The highest BCUT2D eigenvalue weighted by molar-refractivity contribution is 7.88. The Labute approximate surface area is 145 Å². The fourth-order valence-corrected chi connectivity index (χ4v) is 4.92. The number of benzene rings is 1. The molecule has 0 N–H and O–H groups in total. The van der Waals surface area contributed by atoms with Crippen LogP contribution in [0.3, 0.4) is 0 Å². The number of sulfonamides is 1. The summed E-state index contributed by atoms with van der Waals surface area (Å²) in [5.41, 5.74) is 0.774. The Balaban J connectivity index is 1.61. The van der Waals surface area contributed by atoms with Crippen molar-refractivity contribution in [1.29, 1.82) is 0 Å². The van der Waals surface area contributed by atoms with Crippen molar-refractivity contribution in [3.8, 4) is 0 Å². The van der Waals surface area contributed by atoms with Crippen LogP contribution in [0.4, 0.5) is 0 Å². The number of piperazine rings is 1. The number of nitrogens with zero attached hydrogens (tertiary/aromatic N) is 3. The molecule has 0 saturated carbocycles. The van der Waals surface area contributed by atoms with Crippen molar-refractivity contribution < 1.29 is 13.2 Å². The van der Waals surface area contributed by atoms with Crippen LogP contribution in [0.5, 0.6) is 0 Å². The zero-order chi connectivity index (χ0) is 17.2. The zero-order valence-corrected chi connectivity index (χ0v) is 15.0. The van der Waals surface area contributed by atoms with Crippen molar-refractivity contribution in [2.75, 3.05) is 26.2 Å². The van der Waals surface area contributed by atoms with E-state index in [1.165, 1.54) is 15.6 Å². The Morgan fingerprint density at radius 3 is 2.42 bits per heavy atom. The van der Waals surface area contributed by atoms with Crippen LogP contribution in [-0.4, -0.2) is 54.7 Å². The molecule has 24 heavy (non-hydrogen) atoms. The molecule has 0 spiro atoms. The summed E-state index contributed by atoms with van der Waals surface area (Å²) in [5.74, 6) is -0.0729. The number of rotatable bonds is 4. The van der Waals surface area contributed by atoms with Crippen molar-refractivity contribution in [2.24, 2.45) is 0 Å². The third-order valence-electron chi connectivity index (χ3n) is 3.94. The van der Waals surface area contributed by atoms with Crippen LogP contribution in [-0.2, 0) is 15.8 Å². The number of thiazole rings is 1. The topological polar surface area (TPSA) is 70.6 Å². The van der Waals surface area contributed by atoms with Crippen molar-refractivity contribution in [3.05, 3.63) is 52.0 Å². The minimum Gasteiger partial charge on any atom is -0.335 e. The third-order valence-corrected chi connectivity index (χ3v) is 6.69. The van der Waals surface area contributed by atoms with Gasteiger partial charge in [0, 0.05) is 26.2 Å². The lowest BCUT2D eigenvalue weighted by Gasteiger charge is -2.33. The molecule has 128 valence electrons. The van der Waals surface area contributed by atoms with Crippen LogP contribution in [0, 0.1) is 6.92 Å². The first-order valence-corrected chi connectivity index (χ1v) is 10.1. The van der Waals surface area contributed by atoms with E-state index in [1.807, 2.05) is 37.3 Å². The first-order valence-electron chi connectivity index (χ1n) is 7.69. The number of hydrogen-bond acceptors (Lipinski definition) is 5. The van der Waals surface area contributed by atoms with Crippen LogP contribution >= 0.6 is 11.3 Å². The summed E-state index contributed by atoms with van der Waals surface area (Å²) < 4.78 is 26.5. The maximum Gasteiger partial charge on any atom is 0.265 e. The predicted octanol–water partition coefficient (Wildman–Crippen LogP) is 1.74. The van der Waals surface area contributed by atoms with Gasteiger partial charge in [0.1, 0.15) is 4.88 Å². The fraction of sp³-hybridized carbons (Fsp3) is 0.375. The van der Waals surface area contributed by atoms with E-state index in [9.17, 15) is 13.2 Å². The number of amides is 1. The van der Waals surface area contributed by atoms with Gasteiger partial charge in [-0.2, -0.15) is 4.31 Å². The first kappa shape index (κ1) is 17.1. The lowest BCUT2D eigenvalue weighted by atomic mass is 10.2. The van der Waals surface area contributed by atoms with Gasteiger partial charge in [0.15, 0.2) is 0 Å². The van der Waals surface area contributed by atoms with Gasteiger partial charge in [-0.15, -0.1) is 11.3 Å². The SMILES string of the molecule is Cc1ncc(C(=O)N2CCN(S(=O)(=O)Cc3ccccc3)CC2)s1. The maximum absolute atomic E-state index is 12.5. The number of hydrogen-bond donors (Lipinski definition) is 0. The monoisotopic (exact) mass is 365 g/mol. The van der Waals surface area contributed by atoms with Gasteiger partial charge in [0.2, 0.25) is 10.0 Å². The second-order valence-electron chi connectivity index (χ2n) is 5.68. The summed E-state index contributed by atoms with van der Waals surface area (Å²) in [4.78, 5) is 18.8. The molecule has 8 heteroatoms. The van der Waals surface area contributed by atoms with E-state index in [4.69, 9.17) is 0 Å². The average molecular weight is 365 g/mol. The Bertz CT molecular complexity index is 810. The van der Waals surface area contributed by atoms with Crippen LogP contribution in [0.15, 0.2) is 36.5 Å². The van der Waals surface area contributed by atoms with Gasteiger partial charge in [0.05, 0.1) is 17.0 Å². The van der Waals surface area contributed by atoms with Crippen LogP contribution in [0.1, 0.15) is 20.2 Å². The van der Waals surface area contributed by atoms with Gasteiger partial charge in [-0.3, -0.25) is 4.79 Å². The molecule has 0 aliphatic carbocycles. The molecule has 6 nitrogen and oxygen atoms in total. The molecule has 1 aliphatic heterocycles. The molecule has 1 amide bonds. The summed E-state index contributed by atoms with van der Waals surface area (Å²) in [5, 5.41) is 0.849. The minimum absolute atomic E-state index is 0.00414. The summed E-state index contributed by atoms with van der Waals surface area (Å²) in [6.07, 6.45) is 1.58. The Kier molecular flexibility index (Phi) is 4.98. The second-order valence-corrected chi connectivity index (χ2v) is 8.88. The second kappa shape index (κ2) is 7.00. The van der Waals surface area contributed by atoms with E-state index in [0.717, 1.165) is 10.6 Å². The van der Waals surface area contributed by atoms with E-state index in [0.29, 0.717) is 31.1 Å². The van der Waals surface area contributed by atoms with Crippen LogP contribution in [0.25, 0.3) is 0 Å². The molecular formula is C16H19N3O3S2. The summed E-state index contributed by atoms with van der Waals surface area (Å²) in [6.45, 7) is 3.33. The normalized spacial score (nSPS) is 16.3. The molecule has 1 aromatic carbocycles. The molecule has 0 unspecified atom stereocenters. The minimum atomic E-state index is -3.36. The third kappa shape index (κ3) is 3.82. The molecule has 2 heterocycles. The van der Waals surface area contributed by atoms with Gasteiger partial charge in [0.25, 0.3) is 5.91 Å². The van der Waals surface area contributed by atoms with E-state index in [-0.39, 0.29) is 11.7 Å². The molecule has 0 radical (unpaired) electrons. The highest BCUT2D eigenvalue weighted by Gasteiger charge is 2.29. The predicted molar refractivity (Wildman–Crippen MR) is 93.4 cm³/mol. The van der Waals surface area contributed by atoms with Gasteiger partial charge >= 0.3 is 0 Å². The van der Waals surface area contributed by atoms with Gasteiger partial charge in [-0.05, 0) is 12.5 Å². The molecule has 1 fully saturated rings. The van der Waals surface area contributed by atoms with Crippen molar-refractivity contribution in [1.82, 2.24) is 14.2 Å². The number of aromatic nitrogens is 1. The molecule has 3 rings (SSSR count). The standard InChI is InChI=1S/C16H19N3O3S2/c1-13-17-11-15(23-13)16(20)18-7-9-19(10-8-18)24(21,22)12-14-5-3-2-4-6-14/h2-6,11H,7-10,12H2,1H3. The van der Waals surface area contributed by atoms with Gasteiger partial charge in [-0.25, -0.2) is 13.4 Å². The molecule has 1 aromatic heterocycles. The van der Waals surface area contributed by atoms with Crippen molar-refractivity contribution >= 4 is 27.3 Å². The highest BCUT2D eigenvalue weighted by Crippen LogP contribution is 2.18. The lowest BCUT2D eigenvalue weighted by molar-refractivity contribution is 0.0702. The molecule has 1 saturated heterocycles. The first-order chi connectivity index (χ1) is 11.5. The van der Waals surface area contributed by atoms with Crippen molar-refractivity contribution in [2.45, 2.75) is 12.7 Å². The molecule has 0 bridgehead atoms. The maximum atomic E-state index is 12.5. The Morgan fingerprint density at radius 2 is 1.83 bits per heavy atom. The fourth-order valence-electron chi connectivity index (χ4n) is 2.66. The van der Waals surface area contributed by atoms with E-state index >= 15 is 0 Å². The van der Waals surface area contributed by atoms with Crippen LogP contribution < -0.4 is 0 Å². The number of aryl methyl sites for hydroxylation is 1. The lowest BCUT2D eigenvalue weighted by Crippen LogP contribution is -2.50. The Hall–Kier alpha value is -1.77. The molecular weight excluding hydrogens is 346 g/mol. The van der Waals surface area contributed by atoms with Gasteiger partial charge in [-0.1, -0.05) is 30.3 Å². The highest BCUT2D eigenvalue weighted by atomic mass is 32.2. The summed E-state index contributed by atoms with van der Waals surface area (Å²) in [7, 11) is -3.36. The van der Waals surface area contributed by atoms with Gasteiger partial charge < -0.3 is 4.90 Å².